The van der Waals surface area contributed by atoms with Gasteiger partial charge in [-0.15, -0.1) is 0 Å². The largest absolute Gasteiger partial charge is 0.357 e. The first kappa shape index (κ1) is 13.5. The van der Waals surface area contributed by atoms with E-state index in [2.05, 4.69) is 15.3 Å². The van der Waals surface area contributed by atoms with Gasteiger partial charge in [0.1, 0.15) is 11.1 Å². The van der Waals surface area contributed by atoms with Crippen LogP contribution < -0.4 is 10.9 Å². The lowest BCUT2D eigenvalue weighted by atomic mass is 10.3. The number of halogens is 1. The zero-order chi connectivity index (χ0) is 13.0. The van der Waals surface area contributed by atoms with Crippen molar-refractivity contribution >= 4 is 23.3 Å². The summed E-state index contributed by atoms with van der Waals surface area (Å²) in [6, 6.07) is -0.494. The van der Waals surface area contributed by atoms with E-state index >= 15 is 0 Å². The van der Waals surface area contributed by atoms with Gasteiger partial charge >= 0.3 is 0 Å². The summed E-state index contributed by atoms with van der Waals surface area (Å²) >= 11 is 5.76. The maximum atomic E-state index is 11.8. The zero-order valence-electron chi connectivity index (χ0n) is 9.95. The number of carbonyl (C=O) groups excluding carboxylic acids is 1. The molecule has 0 aliphatic rings. The first-order chi connectivity index (χ1) is 7.97. The van der Waals surface area contributed by atoms with Gasteiger partial charge in [0.15, 0.2) is 5.82 Å². The van der Waals surface area contributed by atoms with Gasteiger partial charge in [-0.3, -0.25) is 9.59 Å². The van der Waals surface area contributed by atoms with E-state index < -0.39 is 11.6 Å². The van der Waals surface area contributed by atoms with Gasteiger partial charge in [0, 0.05) is 13.6 Å². The summed E-state index contributed by atoms with van der Waals surface area (Å²) in [5.41, 5.74) is -0.437. The van der Waals surface area contributed by atoms with Gasteiger partial charge in [0.2, 0.25) is 5.91 Å². The SMILES string of the molecule is CCN(C)C(=O)C(C)Nc1nc[nH]c(=O)c1Cl. The third-order valence-corrected chi connectivity index (χ3v) is 2.72. The van der Waals surface area contributed by atoms with Crippen LogP contribution in [0.3, 0.4) is 0 Å². The first-order valence-electron chi connectivity index (χ1n) is 5.22. The molecule has 1 rings (SSSR count). The third kappa shape index (κ3) is 3.20. The van der Waals surface area contributed by atoms with Crippen LogP contribution in [0.4, 0.5) is 5.82 Å². The quantitative estimate of drug-likeness (QED) is 0.834. The van der Waals surface area contributed by atoms with Crippen LogP contribution in [-0.2, 0) is 4.79 Å². The molecule has 17 heavy (non-hydrogen) atoms. The highest BCUT2D eigenvalue weighted by molar-refractivity contribution is 6.32. The van der Waals surface area contributed by atoms with Gasteiger partial charge in [0.25, 0.3) is 5.56 Å². The average Bonchev–Trinajstić information content (AvgIpc) is 2.32. The normalized spacial score (nSPS) is 12.0. The van der Waals surface area contributed by atoms with Crippen molar-refractivity contribution in [2.75, 3.05) is 18.9 Å². The molecule has 0 saturated heterocycles. The Balaban J connectivity index is 2.81. The third-order valence-electron chi connectivity index (χ3n) is 2.37. The Morgan fingerprint density at radius 2 is 2.35 bits per heavy atom. The van der Waals surface area contributed by atoms with Crippen LogP contribution in [0.1, 0.15) is 13.8 Å². The van der Waals surface area contributed by atoms with Crippen molar-refractivity contribution in [2.45, 2.75) is 19.9 Å². The smallest absolute Gasteiger partial charge is 0.271 e. The molecule has 7 heteroatoms. The summed E-state index contributed by atoms with van der Waals surface area (Å²) < 4.78 is 0. The van der Waals surface area contributed by atoms with E-state index in [0.29, 0.717) is 6.54 Å². The van der Waals surface area contributed by atoms with E-state index in [1.165, 1.54) is 6.33 Å². The Bertz CT molecular complexity index is 460. The van der Waals surface area contributed by atoms with Crippen LogP contribution >= 0.6 is 11.6 Å². The van der Waals surface area contributed by atoms with Crippen molar-refractivity contribution in [3.8, 4) is 0 Å². The number of hydrogen-bond acceptors (Lipinski definition) is 4. The molecular weight excluding hydrogens is 244 g/mol. The van der Waals surface area contributed by atoms with E-state index in [0.717, 1.165) is 0 Å². The van der Waals surface area contributed by atoms with Crippen LogP contribution in [0.15, 0.2) is 11.1 Å². The number of hydrogen-bond donors (Lipinski definition) is 2. The summed E-state index contributed by atoms with van der Waals surface area (Å²) in [5, 5.41) is 2.76. The molecule has 1 atom stereocenters. The fourth-order valence-corrected chi connectivity index (χ4v) is 1.39. The van der Waals surface area contributed by atoms with Gasteiger partial charge in [-0.05, 0) is 13.8 Å². The number of aromatic amines is 1. The molecule has 1 heterocycles. The van der Waals surface area contributed by atoms with E-state index in [9.17, 15) is 9.59 Å². The second-order valence-electron chi connectivity index (χ2n) is 3.61. The summed E-state index contributed by atoms with van der Waals surface area (Å²) in [6.45, 7) is 4.18. The lowest BCUT2D eigenvalue weighted by molar-refractivity contribution is -0.130. The minimum Gasteiger partial charge on any atom is -0.357 e. The van der Waals surface area contributed by atoms with E-state index in [1.54, 1.807) is 18.9 Å². The fraction of sp³-hybridized carbons (Fsp3) is 0.500. The predicted molar refractivity (Wildman–Crippen MR) is 66.3 cm³/mol. The topological polar surface area (TPSA) is 78.1 Å². The molecule has 1 aromatic heterocycles. The molecule has 1 amide bonds. The maximum absolute atomic E-state index is 11.8. The van der Waals surface area contributed by atoms with Crippen molar-refractivity contribution in [3.05, 3.63) is 21.7 Å². The molecule has 6 nitrogen and oxygen atoms in total. The number of H-pyrrole nitrogens is 1. The lowest BCUT2D eigenvalue weighted by Gasteiger charge is -2.21. The molecule has 0 aromatic carbocycles. The molecule has 0 bridgehead atoms. The highest BCUT2D eigenvalue weighted by Gasteiger charge is 2.18. The Morgan fingerprint density at radius 3 is 2.94 bits per heavy atom. The van der Waals surface area contributed by atoms with E-state index in [4.69, 9.17) is 11.6 Å². The number of carbonyl (C=O) groups is 1. The Hall–Kier alpha value is -1.56. The number of nitrogens with one attached hydrogen (secondary N) is 2. The van der Waals surface area contributed by atoms with Gasteiger partial charge in [-0.25, -0.2) is 4.98 Å². The Labute approximate surface area is 104 Å². The minimum atomic E-state index is -0.494. The predicted octanol–water partition coefficient (Wildman–Crippen LogP) is 0.702. The van der Waals surface area contributed by atoms with Crippen molar-refractivity contribution < 1.29 is 4.79 Å². The molecule has 94 valence electrons. The number of nitrogens with zero attached hydrogens (tertiary/aromatic N) is 2. The fourth-order valence-electron chi connectivity index (χ4n) is 1.24. The summed E-state index contributed by atoms with van der Waals surface area (Å²) in [6.07, 6.45) is 1.23. The van der Waals surface area contributed by atoms with Crippen LogP contribution in [-0.4, -0.2) is 40.4 Å². The van der Waals surface area contributed by atoms with Gasteiger partial charge < -0.3 is 15.2 Å². The highest BCUT2D eigenvalue weighted by atomic mass is 35.5. The Kier molecular flexibility index (Phi) is 4.51. The average molecular weight is 259 g/mol. The number of aromatic nitrogens is 2. The van der Waals surface area contributed by atoms with Crippen LogP contribution in [0.5, 0.6) is 0 Å². The van der Waals surface area contributed by atoms with Crippen molar-refractivity contribution in [1.29, 1.82) is 0 Å². The zero-order valence-corrected chi connectivity index (χ0v) is 10.7. The molecule has 0 aliphatic carbocycles. The molecule has 2 N–H and O–H groups in total. The number of anilines is 1. The number of likely N-dealkylation sites (N-methyl/N-ethyl adjacent to an activating group) is 1. The molecule has 0 saturated carbocycles. The van der Waals surface area contributed by atoms with Crippen molar-refractivity contribution in [1.82, 2.24) is 14.9 Å². The van der Waals surface area contributed by atoms with Crippen molar-refractivity contribution in [2.24, 2.45) is 0 Å². The summed E-state index contributed by atoms with van der Waals surface area (Å²) in [4.78, 5) is 30.8. The standard InChI is InChI=1S/C10H15ClN4O2/c1-4-15(3)10(17)6(2)14-8-7(11)9(16)13-5-12-8/h5-6H,4H2,1-3H3,(H2,12,13,14,16). The van der Waals surface area contributed by atoms with Gasteiger partial charge in [-0.2, -0.15) is 0 Å². The lowest BCUT2D eigenvalue weighted by Crippen LogP contribution is -2.39. The van der Waals surface area contributed by atoms with Gasteiger partial charge in [0.05, 0.1) is 6.33 Å². The molecular formula is C10H15ClN4O2. The molecule has 0 spiro atoms. The molecule has 0 aliphatic heterocycles. The van der Waals surface area contributed by atoms with Crippen LogP contribution in [0, 0.1) is 0 Å². The molecule has 0 radical (unpaired) electrons. The van der Waals surface area contributed by atoms with Crippen molar-refractivity contribution in [3.63, 3.8) is 0 Å². The highest BCUT2D eigenvalue weighted by Crippen LogP contribution is 2.13. The van der Waals surface area contributed by atoms with Crippen LogP contribution in [0.25, 0.3) is 0 Å². The monoisotopic (exact) mass is 258 g/mol. The molecule has 1 unspecified atom stereocenters. The Morgan fingerprint density at radius 1 is 1.71 bits per heavy atom. The van der Waals surface area contributed by atoms with Crippen LogP contribution in [0.2, 0.25) is 5.02 Å². The van der Waals surface area contributed by atoms with E-state index in [1.807, 2.05) is 6.92 Å². The van der Waals surface area contributed by atoms with Gasteiger partial charge in [-0.1, -0.05) is 11.6 Å². The molecule has 0 fully saturated rings. The summed E-state index contributed by atoms with van der Waals surface area (Å²) in [5.74, 6) is 0.117. The molecule has 1 aromatic rings. The summed E-state index contributed by atoms with van der Waals surface area (Å²) in [7, 11) is 1.70. The van der Waals surface area contributed by atoms with E-state index in [-0.39, 0.29) is 16.7 Å². The number of amides is 1. The second-order valence-corrected chi connectivity index (χ2v) is 3.99. The number of rotatable bonds is 4. The first-order valence-corrected chi connectivity index (χ1v) is 5.59. The maximum Gasteiger partial charge on any atom is 0.271 e. The second kappa shape index (κ2) is 5.67. The minimum absolute atomic E-state index is 0.0497.